The number of hydrogen-bond acceptors (Lipinski definition) is 4. The quantitative estimate of drug-likeness (QED) is 0.823. The number of nitrogens with zero attached hydrogens (tertiary/aromatic N) is 2. The van der Waals surface area contributed by atoms with E-state index < -0.39 is 0 Å². The Bertz CT molecular complexity index is 539. The van der Waals surface area contributed by atoms with Crippen LogP contribution in [0.15, 0.2) is 24.3 Å². The second-order valence-corrected chi connectivity index (χ2v) is 4.56. The van der Waals surface area contributed by atoms with Crippen LogP contribution in [0.5, 0.6) is 0 Å². The second-order valence-electron chi connectivity index (χ2n) is 3.48. The van der Waals surface area contributed by atoms with Crippen LogP contribution in [-0.2, 0) is 0 Å². The fourth-order valence-corrected chi connectivity index (χ4v) is 1.89. The van der Waals surface area contributed by atoms with Crippen LogP contribution in [0.3, 0.4) is 0 Å². The summed E-state index contributed by atoms with van der Waals surface area (Å²) in [6, 6.07) is 6.57. The lowest BCUT2D eigenvalue weighted by atomic mass is 10.3. The zero-order valence-corrected chi connectivity index (χ0v) is 11.2. The molecular weight excluding hydrogens is 334 g/mol. The van der Waals surface area contributed by atoms with E-state index in [1.807, 2.05) is 29.5 Å². The molecule has 17 heavy (non-hydrogen) atoms. The summed E-state index contributed by atoms with van der Waals surface area (Å²) in [5.74, 6) is 0.478. The lowest BCUT2D eigenvalue weighted by Crippen LogP contribution is -2.02. The normalized spacial score (nSPS) is 10.3. The van der Waals surface area contributed by atoms with Crippen molar-refractivity contribution in [2.24, 2.45) is 0 Å². The lowest BCUT2D eigenvalue weighted by molar-refractivity contribution is 0.621. The minimum absolute atomic E-state index is 0.193. The molecule has 6 heteroatoms. The van der Waals surface area contributed by atoms with Crippen molar-refractivity contribution in [1.82, 2.24) is 9.97 Å². The molecule has 0 spiro atoms. The smallest absolute Gasteiger partial charge is 0.222 e. The maximum atomic E-state index is 13.3. The van der Waals surface area contributed by atoms with Gasteiger partial charge in [-0.05, 0) is 41.6 Å². The molecule has 0 saturated heterocycles. The molecule has 0 aliphatic carbocycles. The van der Waals surface area contributed by atoms with Gasteiger partial charge in [0.2, 0.25) is 5.95 Å². The Morgan fingerprint density at radius 1 is 1.35 bits per heavy atom. The third kappa shape index (κ3) is 2.82. The first kappa shape index (κ1) is 12.0. The molecule has 1 aromatic heterocycles. The molecule has 2 aromatic rings. The second kappa shape index (κ2) is 4.82. The maximum Gasteiger partial charge on any atom is 0.222 e. The summed E-state index contributed by atoms with van der Waals surface area (Å²) >= 11 is 1.94. The predicted molar refractivity (Wildman–Crippen MR) is 73.6 cm³/mol. The molecule has 0 aliphatic heterocycles. The van der Waals surface area contributed by atoms with Crippen molar-refractivity contribution in [3.05, 3.63) is 39.3 Å². The van der Waals surface area contributed by atoms with Gasteiger partial charge in [0.25, 0.3) is 0 Å². The zero-order chi connectivity index (χ0) is 12.4. The van der Waals surface area contributed by atoms with Crippen LogP contribution in [0.4, 0.5) is 21.8 Å². The highest BCUT2D eigenvalue weighted by molar-refractivity contribution is 14.1. The zero-order valence-electron chi connectivity index (χ0n) is 9.04. The number of nitrogens with two attached hydrogens (primary N) is 1. The van der Waals surface area contributed by atoms with Gasteiger partial charge in [-0.15, -0.1) is 0 Å². The van der Waals surface area contributed by atoms with Gasteiger partial charge in [0.1, 0.15) is 11.6 Å². The fourth-order valence-electron chi connectivity index (χ4n) is 1.39. The SMILES string of the molecule is Cc1cc(Nc2cccc(F)c2I)nc(N)n1. The van der Waals surface area contributed by atoms with Crippen molar-refractivity contribution < 1.29 is 4.39 Å². The molecule has 0 atom stereocenters. The summed E-state index contributed by atoms with van der Waals surface area (Å²) in [5.41, 5.74) is 6.95. The highest BCUT2D eigenvalue weighted by Gasteiger charge is 2.06. The molecule has 4 nitrogen and oxygen atoms in total. The van der Waals surface area contributed by atoms with Gasteiger partial charge in [0.15, 0.2) is 0 Å². The Balaban J connectivity index is 2.34. The monoisotopic (exact) mass is 344 g/mol. The number of nitrogen functional groups attached to an aromatic ring is 1. The molecular formula is C11H10FIN4. The Kier molecular flexibility index (Phi) is 3.41. The van der Waals surface area contributed by atoms with Gasteiger partial charge in [-0.1, -0.05) is 6.07 Å². The van der Waals surface area contributed by atoms with Gasteiger partial charge < -0.3 is 11.1 Å². The Morgan fingerprint density at radius 2 is 2.12 bits per heavy atom. The van der Waals surface area contributed by atoms with E-state index in [2.05, 4.69) is 15.3 Å². The number of rotatable bonds is 2. The average molecular weight is 344 g/mol. The van der Waals surface area contributed by atoms with Crippen molar-refractivity contribution in [3.8, 4) is 0 Å². The topological polar surface area (TPSA) is 63.8 Å². The number of halogens is 2. The van der Waals surface area contributed by atoms with E-state index in [9.17, 15) is 4.39 Å². The number of benzene rings is 1. The summed E-state index contributed by atoms with van der Waals surface area (Å²) in [6.45, 7) is 1.82. The minimum atomic E-state index is -0.269. The Labute approximate surface area is 112 Å². The van der Waals surface area contributed by atoms with Crippen LogP contribution >= 0.6 is 22.6 Å². The molecule has 88 valence electrons. The molecule has 1 heterocycles. The van der Waals surface area contributed by atoms with E-state index in [0.717, 1.165) is 5.69 Å². The molecule has 0 bridgehead atoms. The summed E-state index contributed by atoms with van der Waals surface area (Å²) in [6.07, 6.45) is 0. The highest BCUT2D eigenvalue weighted by atomic mass is 127. The summed E-state index contributed by atoms with van der Waals surface area (Å²) in [7, 11) is 0. The van der Waals surface area contributed by atoms with Crippen LogP contribution in [-0.4, -0.2) is 9.97 Å². The first-order chi connectivity index (χ1) is 8.06. The van der Waals surface area contributed by atoms with Gasteiger partial charge >= 0.3 is 0 Å². The summed E-state index contributed by atoms with van der Waals surface area (Å²) in [4.78, 5) is 8.00. The molecule has 2 rings (SSSR count). The van der Waals surface area contributed by atoms with Crippen molar-refractivity contribution >= 4 is 40.0 Å². The van der Waals surface area contributed by atoms with Gasteiger partial charge in [0.05, 0.1) is 9.26 Å². The van der Waals surface area contributed by atoms with Gasteiger partial charge in [-0.3, -0.25) is 0 Å². The first-order valence-electron chi connectivity index (χ1n) is 4.88. The van der Waals surface area contributed by atoms with Gasteiger partial charge in [-0.25, -0.2) is 9.37 Å². The summed E-state index contributed by atoms with van der Waals surface area (Å²) < 4.78 is 13.8. The highest BCUT2D eigenvalue weighted by Crippen LogP contribution is 2.24. The van der Waals surface area contributed by atoms with Crippen molar-refractivity contribution in [3.63, 3.8) is 0 Å². The predicted octanol–water partition coefficient (Wildman–Crippen LogP) is 2.85. The number of aryl methyl sites for hydroxylation is 1. The maximum absolute atomic E-state index is 13.3. The molecule has 3 N–H and O–H groups in total. The first-order valence-corrected chi connectivity index (χ1v) is 5.96. The van der Waals surface area contributed by atoms with Crippen molar-refractivity contribution in [2.75, 3.05) is 11.1 Å². The molecule has 0 aliphatic rings. The van der Waals surface area contributed by atoms with Crippen LogP contribution in [0.25, 0.3) is 0 Å². The Morgan fingerprint density at radius 3 is 2.82 bits per heavy atom. The third-order valence-electron chi connectivity index (χ3n) is 2.09. The molecule has 0 radical (unpaired) electrons. The molecule has 0 unspecified atom stereocenters. The fraction of sp³-hybridized carbons (Fsp3) is 0.0909. The van der Waals surface area contributed by atoms with E-state index in [-0.39, 0.29) is 11.8 Å². The lowest BCUT2D eigenvalue weighted by Gasteiger charge is -2.09. The third-order valence-corrected chi connectivity index (χ3v) is 3.18. The van der Waals surface area contributed by atoms with Crippen LogP contribution < -0.4 is 11.1 Å². The van der Waals surface area contributed by atoms with E-state index in [4.69, 9.17) is 5.73 Å². The standard InChI is InChI=1S/C11H10FIN4/c1-6-5-9(17-11(14)15-6)16-8-4-2-3-7(12)10(8)13/h2-5H,1H3,(H3,14,15,16,17). The van der Waals surface area contributed by atoms with E-state index in [1.54, 1.807) is 18.2 Å². The molecule has 1 aromatic carbocycles. The van der Waals surface area contributed by atoms with Crippen LogP contribution in [0.1, 0.15) is 5.69 Å². The number of aromatic nitrogens is 2. The van der Waals surface area contributed by atoms with Gasteiger partial charge in [-0.2, -0.15) is 4.98 Å². The number of anilines is 3. The Hall–Kier alpha value is -1.44. The minimum Gasteiger partial charge on any atom is -0.368 e. The van der Waals surface area contributed by atoms with E-state index >= 15 is 0 Å². The van der Waals surface area contributed by atoms with Crippen molar-refractivity contribution in [1.29, 1.82) is 0 Å². The largest absolute Gasteiger partial charge is 0.368 e. The van der Waals surface area contributed by atoms with Crippen LogP contribution in [0, 0.1) is 16.3 Å². The van der Waals surface area contributed by atoms with Crippen molar-refractivity contribution in [2.45, 2.75) is 6.92 Å². The number of hydrogen-bond donors (Lipinski definition) is 2. The molecule has 0 saturated carbocycles. The van der Waals surface area contributed by atoms with Gasteiger partial charge in [0, 0.05) is 11.8 Å². The van der Waals surface area contributed by atoms with E-state index in [0.29, 0.717) is 15.1 Å². The summed E-state index contributed by atoms with van der Waals surface area (Å²) in [5, 5.41) is 3.02. The average Bonchev–Trinajstić information content (AvgIpc) is 2.23. The van der Waals surface area contributed by atoms with E-state index in [1.165, 1.54) is 6.07 Å². The molecule has 0 amide bonds. The molecule has 0 fully saturated rings. The number of nitrogens with one attached hydrogen (secondary N) is 1. The van der Waals surface area contributed by atoms with Crippen LogP contribution in [0.2, 0.25) is 0 Å².